The van der Waals surface area contributed by atoms with Crippen LogP contribution in [0, 0.1) is 5.92 Å². The number of nitrogens with zero attached hydrogens (tertiary/aromatic N) is 2. The number of piperidine rings is 1. The van der Waals surface area contributed by atoms with Crippen molar-refractivity contribution in [2.45, 2.75) is 38.7 Å². The van der Waals surface area contributed by atoms with Gasteiger partial charge in [-0.1, -0.05) is 19.0 Å². The third-order valence-corrected chi connectivity index (χ3v) is 4.93. The van der Waals surface area contributed by atoms with Crippen LogP contribution in [0.5, 0.6) is 0 Å². The quantitative estimate of drug-likeness (QED) is 0.750. The summed E-state index contributed by atoms with van der Waals surface area (Å²) in [6.07, 6.45) is 3.58. The first-order chi connectivity index (χ1) is 7.82. The molecule has 0 aliphatic carbocycles. The average molecular weight is 260 g/mol. The molecule has 2 heterocycles. The van der Waals surface area contributed by atoms with Gasteiger partial charge in [0, 0.05) is 32.4 Å². The Morgan fingerprint density at radius 3 is 2.35 bits per heavy atom. The zero-order valence-corrected chi connectivity index (χ0v) is 11.5. The van der Waals surface area contributed by atoms with Gasteiger partial charge in [0.15, 0.2) is 0 Å². The summed E-state index contributed by atoms with van der Waals surface area (Å²) in [6, 6.07) is 0. The van der Waals surface area contributed by atoms with Crippen molar-refractivity contribution in [3.8, 4) is 0 Å². The SMILES string of the molecule is CC(C)C1=NOC2(CCN(S(C)(=O)=O)CC2)C1. The average Bonchev–Trinajstić information content (AvgIpc) is 2.62. The molecule has 17 heavy (non-hydrogen) atoms. The molecule has 0 aromatic rings. The molecule has 0 aromatic carbocycles. The summed E-state index contributed by atoms with van der Waals surface area (Å²) in [5, 5.41) is 4.15. The lowest BCUT2D eigenvalue weighted by Crippen LogP contribution is -2.46. The van der Waals surface area contributed by atoms with E-state index in [0.29, 0.717) is 19.0 Å². The first-order valence-corrected chi connectivity index (χ1v) is 7.87. The van der Waals surface area contributed by atoms with E-state index in [2.05, 4.69) is 19.0 Å². The van der Waals surface area contributed by atoms with Crippen molar-refractivity contribution in [1.29, 1.82) is 0 Å². The van der Waals surface area contributed by atoms with Crippen molar-refractivity contribution in [3.05, 3.63) is 0 Å². The van der Waals surface area contributed by atoms with Crippen LogP contribution in [-0.2, 0) is 14.9 Å². The standard InChI is InChI=1S/C11H20N2O3S/c1-9(2)10-8-11(16-12-10)4-6-13(7-5-11)17(3,14)15/h9H,4-8H2,1-3H3. The predicted molar refractivity (Wildman–Crippen MR) is 66.4 cm³/mol. The number of sulfonamides is 1. The molecular weight excluding hydrogens is 240 g/mol. The van der Waals surface area contributed by atoms with Crippen LogP contribution in [0.25, 0.3) is 0 Å². The number of rotatable bonds is 2. The third kappa shape index (κ3) is 2.63. The highest BCUT2D eigenvalue weighted by Gasteiger charge is 2.43. The fourth-order valence-electron chi connectivity index (χ4n) is 2.35. The van der Waals surface area contributed by atoms with E-state index in [1.807, 2.05) is 0 Å². The van der Waals surface area contributed by atoms with Crippen molar-refractivity contribution in [2.75, 3.05) is 19.3 Å². The van der Waals surface area contributed by atoms with Gasteiger partial charge in [-0.15, -0.1) is 0 Å². The minimum Gasteiger partial charge on any atom is -0.389 e. The van der Waals surface area contributed by atoms with Crippen molar-refractivity contribution in [2.24, 2.45) is 11.1 Å². The van der Waals surface area contributed by atoms with Gasteiger partial charge in [-0.25, -0.2) is 12.7 Å². The van der Waals surface area contributed by atoms with E-state index >= 15 is 0 Å². The first-order valence-electron chi connectivity index (χ1n) is 6.02. The molecule has 0 saturated carbocycles. The van der Waals surface area contributed by atoms with E-state index in [1.54, 1.807) is 0 Å². The highest BCUT2D eigenvalue weighted by molar-refractivity contribution is 7.88. The number of hydrogen-bond donors (Lipinski definition) is 0. The number of hydrogen-bond acceptors (Lipinski definition) is 4. The van der Waals surface area contributed by atoms with Crippen molar-refractivity contribution >= 4 is 15.7 Å². The Kier molecular flexibility index (Phi) is 3.20. The lowest BCUT2D eigenvalue weighted by atomic mass is 9.85. The van der Waals surface area contributed by atoms with Crippen LogP contribution < -0.4 is 0 Å². The monoisotopic (exact) mass is 260 g/mol. The summed E-state index contributed by atoms with van der Waals surface area (Å²) < 4.78 is 24.4. The molecule has 0 N–H and O–H groups in total. The van der Waals surface area contributed by atoms with Gasteiger partial charge in [-0.05, 0) is 5.92 Å². The summed E-state index contributed by atoms with van der Waals surface area (Å²) in [5.41, 5.74) is 0.860. The molecule has 2 aliphatic heterocycles. The van der Waals surface area contributed by atoms with Gasteiger partial charge in [0.2, 0.25) is 10.0 Å². The van der Waals surface area contributed by atoms with Gasteiger partial charge >= 0.3 is 0 Å². The number of oxime groups is 1. The Morgan fingerprint density at radius 2 is 1.94 bits per heavy atom. The second kappa shape index (κ2) is 4.24. The molecule has 0 radical (unpaired) electrons. The zero-order chi connectivity index (χ0) is 12.7. The van der Waals surface area contributed by atoms with E-state index in [9.17, 15) is 8.42 Å². The summed E-state index contributed by atoms with van der Waals surface area (Å²) in [7, 11) is -3.06. The molecule has 0 unspecified atom stereocenters. The van der Waals surface area contributed by atoms with Crippen LogP contribution in [-0.4, -0.2) is 43.4 Å². The molecular formula is C11H20N2O3S. The van der Waals surface area contributed by atoms with Crippen molar-refractivity contribution in [3.63, 3.8) is 0 Å². The summed E-state index contributed by atoms with van der Waals surface area (Å²) in [5.74, 6) is 0.405. The van der Waals surface area contributed by atoms with E-state index < -0.39 is 10.0 Å². The molecule has 1 saturated heterocycles. The van der Waals surface area contributed by atoms with E-state index in [0.717, 1.165) is 25.0 Å². The maximum Gasteiger partial charge on any atom is 0.211 e. The van der Waals surface area contributed by atoms with Crippen molar-refractivity contribution < 1.29 is 13.3 Å². The van der Waals surface area contributed by atoms with E-state index in [4.69, 9.17) is 4.84 Å². The lowest BCUT2D eigenvalue weighted by molar-refractivity contribution is -0.0505. The van der Waals surface area contributed by atoms with Gasteiger partial charge in [-0.3, -0.25) is 0 Å². The lowest BCUT2D eigenvalue weighted by Gasteiger charge is -2.36. The van der Waals surface area contributed by atoms with Gasteiger partial charge in [-0.2, -0.15) is 0 Å². The summed E-state index contributed by atoms with van der Waals surface area (Å²) in [4.78, 5) is 5.58. The molecule has 0 aromatic heterocycles. The molecule has 1 spiro atoms. The minimum atomic E-state index is -3.06. The van der Waals surface area contributed by atoms with Crippen LogP contribution in [0.1, 0.15) is 33.1 Å². The Balaban J connectivity index is 1.97. The van der Waals surface area contributed by atoms with Gasteiger partial charge in [0.25, 0.3) is 0 Å². The van der Waals surface area contributed by atoms with Gasteiger partial charge in [0.05, 0.1) is 12.0 Å². The normalized spacial score (nSPS) is 25.1. The smallest absolute Gasteiger partial charge is 0.211 e. The van der Waals surface area contributed by atoms with Gasteiger partial charge in [0.1, 0.15) is 5.60 Å². The highest BCUT2D eigenvalue weighted by Crippen LogP contribution is 2.36. The molecule has 0 bridgehead atoms. The van der Waals surface area contributed by atoms with Crippen LogP contribution >= 0.6 is 0 Å². The molecule has 2 rings (SSSR count). The Morgan fingerprint density at radius 1 is 1.35 bits per heavy atom. The van der Waals surface area contributed by atoms with Crippen molar-refractivity contribution in [1.82, 2.24) is 4.31 Å². The molecule has 98 valence electrons. The third-order valence-electron chi connectivity index (χ3n) is 3.63. The zero-order valence-electron chi connectivity index (χ0n) is 10.6. The summed E-state index contributed by atoms with van der Waals surface area (Å²) in [6.45, 7) is 5.29. The molecule has 5 nitrogen and oxygen atoms in total. The molecule has 0 amide bonds. The Bertz CT molecular complexity index is 420. The van der Waals surface area contributed by atoms with E-state index in [1.165, 1.54) is 10.6 Å². The second-order valence-corrected chi connectivity index (χ2v) is 7.33. The summed E-state index contributed by atoms with van der Waals surface area (Å²) >= 11 is 0. The Labute approximate surface area is 103 Å². The highest BCUT2D eigenvalue weighted by atomic mass is 32.2. The maximum atomic E-state index is 11.4. The molecule has 2 aliphatic rings. The molecule has 1 fully saturated rings. The predicted octanol–water partition coefficient (Wildman–Crippen LogP) is 1.21. The first kappa shape index (κ1) is 12.8. The van der Waals surface area contributed by atoms with Crippen LogP contribution in [0.2, 0.25) is 0 Å². The fourth-order valence-corrected chi connectivity index (χ4v) is 3.20. The van der Waals surface area contributed by atoms with E-state index in [-0.39, 0.29) is 5.60 Å². The van der Waals surface area contributed by atoms with Crippen LogP contribution in [0.3, 0.4) is 0 Å². The van der Waals surface area contributed by atoms with Gasteiger partial charge < -0.3 is 4.84 Å². The molecule has 0 atom stereocenters. The Hall–Kier alpha value is -0.620. The maximum absolute atomic E-state index is 11.4. The topological polar surface area (TPSA) is 59.0 Å². The fraction of sp³-hybridized carbons (Fsp3) is 0.909. The largest absolute Gasteiger partial charge is 0.389 e. The molecule has 6 heteroatoms. The minimum absolute atomic E-state index is 0.235. The van der Waals surface area contributed by atoms with Crippen LogP contribution in [0.4, 0.5) is 0 Å². The second-order valence-electron chi connectivity index (χ2n) is 5.35. The van der Waals surface area contributed by atoms with Crippen LogP contribution in [0.15, 0.2) is 5.16 Å².